The van der Waals surface area contributed by atoms with Crippen molar-refractivity contribution in [2.75, 3.05) is 18.5 Å². The third-order valence-electron chi connectivity index (χ3n) is 3.03. The number of rotatable bonds is 2. The second-order valence-electron chi connectivity index (χ2n) is 4.65. The van der Waals surface area contributed by atoms with Gasteiger partial charge in [0, 0.05) is 11.3 Å². The van der Waals surface area contributed by atoms with Crippen LogP contribution in [0.25, 0.3) is 0 Å². The van der Waals surface area contributed by atoms with Gasteiger partial charge in [0.05, 0.1) is 25.2 Å². The summed E-state index contributed by atoms with van der Waals surface area (Å²) in [5, 5.41) is 2.90. The summed E-state index contributed by atoms with van der Waals surface area (Å²) < 4.78 is 5.40. The average molecular weight is 258 g/mol. The molecule has 1 aliphatic heterocycles. The topological polar surface area (TPSA) is 64.4 Å². The van der Waals surface area contributed by atoms with Crippen molar-refractivity contribution in [1.29, 1.82) is 0 Å². The van der Waals surface area contributed by atoms with Crippen molar-refractivity contribution in [3.63, 3.8) is 0 Å². The molecular weight excluding hydrogens is 240 g/mol. The normalized spacial score (nSPS) is 21.6. The van der Waals surface area contributed by atoms with Gasteiger partial charge in [0.1, 0.15) is 0 Å². The zero-order valence-electron chi connectivity index (χ0n) is 11.0. The Morgan fingerprint density at radius 1 is 1.58 bits per heavy atom. The first-order valence-corrected chi connectivity index (χ1v) is 6.40. The third-order valence-corrected chi connectivity index (χ3v) is 3.03. The number of amides is 1. The number of hydrogen-bond acceptors (Lipinski definition) is 3. The van der Waals surface area contributed by atoms with Crippen molar-refractivity contribution in [2.45, 2.75) is 19.4 Å². The van der Waals surface area contributed by atoms with Gasteiger partial charge in [0.2, 0.25) is 5.91 Å². The van der Waals surface area contributed by atoms with Crippen molar-refractivity contribution in [1.82, 2.24) is 0 Å². The van der Waals surface area contributed by atoms with Crippen LogP contribution >= 0.6 is 0 Å². The molecule has 0 aromatic heterocycles. The van der Waals surface area contributed by atoms with E-state index in [1.165, 1.54) is 0 Å². The quantitative estimate of drug-likeness (QED) is 0.787. The molecule has 1 fully saturated rings. The Kier molecular flexibility index (Phi) is 4.56. The van der Waals surface area contributed by atoms with Gasteiger partial charge in [0.25, 0.3) is 0 Å². The highest BCUT2D eigenvalue weighted by molar-refractivity contribution is 5.93. The lowest BCUT2D eigenvalue weighted by molar-refractivity contribution is -0.119. The van der Waals surface area contributed by atoms with Crippen LogP contribution in [0.1, 0.15) is 18.9 Å². The fourth-order valence-electron chi connectivity index (χ4n) is 2.07. The molecule has 1 saturated heterocycles. The summed E-state index contributed by atoms with van der Waals surface area (Å²) >= 11 is 0. The first kappa shape index (κ1) is 13.6. The number of nitrogens with one attached hydrogen (secondary N) is 1. The van der Waals surface area contributed by atoms with Gasteiger partial charge in [-0.05, 0) is 31.5 Å². The van der Waals surface area contributed by atoms with Crippen LogP contribution in [0.2, 0.25) is 0 Å². The summed E-state index contributed by atoms with van der Waals surface area (Å²) in [7, 11) is 0. The van der Waals surface area contributed by atoms with E-state index in [0.29, 0.717) is 13.2 Å². The van der Waals surface area contributed by atoms with E-state index in [2.05, 4.69) is 17.2 Å². The molecule has 1 aliphatic rings. The molecule has 4 heteroatoms. The molecular formula is C15H18N2O2. The standard InChI is InChI=1S/C15H18N2O2/c1-11-8-13(10-19-11)15(18)17-14-6-2-4-12(9-14)5-3-7-16/h2,4,6,9,11,13H,7-8,10,16H2,1H3,(H,17,18). The summed E-state index contributed by atoms with van der Waals surface area (Å²) in [6, 6.07) is 7.45. The Morgan fingerprint density at radius 2 is 2.42 bits per heavy atom. The van der Waals surface area contributed by atoms with E-state index >= 15 is 0 Å². The highest BCUT2D eigenvalue weighted by atomic mass is 16.5. The van der Waals surface area contributed by atoms with Gasteiger partial charge < -0.3 is 15.8 Å². The molecule has 0 spiro atoms. The van der Waals surface area contributed by atoms with E-state index < -0.39 is 0 Å². The number of ether oxygens (including phenoxy) is 1. The van der Waals surface area contributed by atoms with Gasteiger partial charge in [-0.2, -0.15) is 0 Å². The van der Waals surface area contributed by atoms with E-state index in [9.17, 15) is 4.79 Å². The third kappa shape index (κ3) is 3.82. The van der Waals surface area contributed by atoms with Gasteiger partial charge in [-0.3, -0.25) is 4.79 Å². The van der Waals surface area contributed by atoms with Crippen LogP contribution in [-0.2, 0) is 9.53 Å². The lowest BCUT2D eigenvalue weighted by atomic mass is 10.1. The van der Waals surface area contributed by atoms with Crippen LogP contribution in [0.15, 0.2) is 24.3 Å². The first-order valence-electron chi connectivity index (χ1n) is 6.40. The molecule has 0 saturated carbocycles. The van der Waals surface area contributed by atoms with Crippen molar-refractivity contribution in [2.24, 2.45) is 11.7 Å². The van der Waals surface area contributed by atoms with Gasteiger partial charge >= 0.3 is 0 Å². The maximum Gasteiger partial charge on any atom is 0.229 e. The molecule has 2 rings (SSSR count). The largest absolute Gasteiger partial charge is 0.378 e. The Hall–Kier alpha value is -1.83. The van der Waals surface area contributed by atoms with Crippen molar-refractivity contribution in [3.05, 3.63) is 29.8 Å². The second kappa shape index (κ2) is 6.37. The number of hydrogen-bond donors (Lipinski definition) is 2. The van der Waals surface area contributed by atoms with Gasteiger partial charge in [0.15, 0.2) is 0 Å². The van der Waals surface area contributed by atoms with Crippen LogP contribution in [-0.4, -0.2) is 25.2 Å². The van der Waals surface area contributed by atoms with Crippen LogP contribution in [0.4, 0.5) is 5.69 Å². The van der Waals surface area contributed by atoms with Crippen molar-refractivity contribution < 1.29 is 9.53 Å². The fraction of sp³-hybridized carbons (Fsp3) is 0.400. The molecule has 1 amide bonds. The lowest BCUT2D eigenvalue weighted by Gasteiger charge is -2.09. The minimum atomic E-state index is -0.0613. The number of anilines is 1. The van der Waals surface area contributed by atoms with Crippen LogP contribution < -0.4 is 11.1 Å². The molecule has 2 atom stereocenters. The van der Waals surface area contributed by atoms with Crippen molar-refractivity contribution in [3.8, 4) is 11.8 Å². The zero-order chi connectivity index (χ0) is 13.7. The highest BCUT2D eigenvalue weighted by Crippen LogP contribution is 2.21. The predicted molar refractivity (Wildman–Crippen MR) is 74.5 cm³/mol. The minimum absolute atomic E-state index is 0.00767. The van der Waals surface area contributed by atoms with E-state index in [4.69, 9.17) is 10.5 Å². The second-order valence-corrected chi connectivity index (χ2v) is 4.65. The Balaban J connectivity index is 2.00. The molecule has 19 heavy (non-hydrogen) atoms. The van der Waals surface area contributed by atoms with E-state index in [-0.39, 0.29) is 17.9 Å². The number of carbonyl (C=O) groups is 1. The summed E-state index contributed by atoms with van der Waals surface area (Å²) in [5.41, 5.74) is 6.94. The maximum absolute atomic E-state index is 12.0. The molecule has 4 nitrogen and oxygen atoms in total. The van der Waals surface area contributed by atoms with E-state index in [0.717, 1.165) is 17.7 Å². The summed E-state index contributed by atoms with van der Waals surface area (Å²) in [6.45, 7) is 2.81. The Morgan fingerprint density at radius 3 is 3.11 bits per heavy atom. The molecule has 0 bridgehead atoms. The molecule has 0 aliphatic carbocycles. The van der Waals surface area contributed by atoms with E-state index in [1.807, 2.05) is 31.2 Å². The Bertz CT molecular complexity index is 516. The van der Waals surface area contributed by atoms with Crippen LogP contribution in [0.3, 0.4) is 0 Å². The molecule has 2 unspecified atom stereocenters. The van der Waals surface area contributed by atoms with Crippen LogP contribution in [0, 0.1) is 17.8 Å². The molecule has 1 heterocycles. The van der Waals surface area contributed by atoms with E-state index in [1.54, 1.807) is 0 Å². The maximum atomic E-state index is 12.0. The summed E-state index contributed by atoms with van der Waals surface area (Å²) in [4.78, 5) is 12.0. The lowest BCUT2D eigenvalue weighted by Crippen LogP contribution is -2.23. The smallest absolute Gasteiger partial charge is 0.229 e. The van der Waals surface area contributed by atoms with Gasteiger partial charge in [-0.15, -0.1) is 0 Å². The van der Waals surface area contributed by atoms with Crippen molar-refractivity contribution >= 4 is 11.6 Å². The molecule has 100 valence electrons. The number of nitrogens with two attached hydrogens (primary N) is 1. The fourth-order valence-corrected chi connectivity index (χ4v) is 2.07. The number of benzene rings is 1. The number of carbonyl (C=O) groups excluding carboxylic acids is 1. The molecule has 3 N–H and O–H groups in total. The monoisotopic (exact) mass is 258 g/mol. The Labute approximate surface area is 113 Å². The minimum Gasteiger partial charge on any atom is -0.378 e. The molecule has 1 aromatic carbocycles. The SMILES string of the molecule is CC1CC(C(=O)Nc2cccc(C#CCN)c2)CO1. The highest BCUT2D eigenvalue weighted by Gasteiger charge is 2.28. The first-order chi connectivity index (χ1) is 9.19. The van der Waals surface area contributed by atoms with Gasteiger partial charge in [-0.1, -0.05) is 17.9 Å². The summed E-state index contributed by atoms with van der Waals surface area (Å²) in [5.74, 6) is 5.68. The zero-order valence-corrected chi connectivity index (χ0v) is 11.0. The average Bonchev–Trinajstić information content (AvgIpc) is 2.83. The molecule has 0 radical (unpaired) electrons. The molecule has 1 aromatic rings. The predicted octanol–water partition coefficient (Wildman–Crippen LogP) is 1.36. The van der Waals surface area contributed by atoms with Gasteiger partial charge in [-0.25, -0.2) is 0 Å². The van der Waals surface area contributed by atoms with Crippen LogP contribution in [0.5, 0.6) is 0 Å². The summed E-state index contributed by atoms with van der Waals surface area (Å²) in [6.07, 6.45) is 0.941.